The Morgan fingerprint density at radius 2 is 2.17 bits per heavy atom. The van der Waals surface area contributed by atoms with Crippen LogP contribution in [-0.2, 0) is 6.42 Å². The minimum atomic E-state index is -3.76. The van der Waals surface area contributed by atoms with Crippen LogP contribution in [0.1, 0.15) is 4.88 Å². The van der Waals surface area contributed by atoms with Crippen molar-refractivity contribution in [2.45, 2.75) is 6.42 Å². The summed E-state index contributed by atoms with van der Waals surface area (Å²) in [7, 11) is 0. The zero-order valence-electron chi connectivity index (χ0n) is 6.27. The van der Waals surface area contributed by atoms with Crippen LogP contribution in [0.5, 0.6) is 0 Å². The molecule has 0 aliphatic rings. The summed E-state index contributed by atoms with van der Waals surface area (Å²) in [6.07, 6.45) is 1.03. The predicted octanol–water partition coefficient (Wildman–Crippen LogP) is -4.68. The highest BCUT2D eigenvalue weighted by atomic mass is 127. The van der Waals surface area contributed by atoms with Gasteiger partial charge < -0.3 is 12.6 Å². The Labute approximate surface area is 83.7 Å². The summed E-state index contributed by atoms with van der Waals surface area (Å²) in [6, 6.07) is 4.16. The van der Waals surface area contributed by atoms with E-state index < -0.39 is 21.1 Å². The smallest absolute Gasteiger partial charge is 0.396 e. The van der Waals surface area contributed by atoms with E-state index in [4.69, 9.17) is 16.0 Å². The van der Waals surface area contributed by atoms with Crippen LogP contribution in [-0.4, -0.2) is 9.98 Å². The number of hydrogen-bond donors (Lipinski definition) is 2. The Balaban J connectivity index is 0.000000261. The normalized spacial score (nSPS) is 9.42. The fourth-order valence-electron chi connectivity index (χ4n) is 0.597. The fraction of sp³-hybridized carbons (Fsp3) is 0.333. The van der Waals surface area contributed by atoms with Crippen LogP contribution in [0, 0.1) is 0 Å². The molecule has 0 aliphatic carbocycles. The molecule has 3 N–H and O–H groups in total. The molecule has 1 aromatic rings. The van der Waals surface area contributed by atoms with Gasteiger partial charge in [-0.25, -0.2) is 0 Å². The highest BCUT2D eigenvalue weighted by molar-refractivity contribution is 7.09. The van der Waals surface area contributed by atoms with E-state index >= 15 is 0 Å². The van der Waals surface area contributed by atoms with Crippen LogP contribution in [0.25, 0.3) is 0 Å². The number of thiophene rings is 1. The second-order valence-electron chi connectivity index (χ2n) is 1.82. The van der Waals surface area contributed by atoms with Gasteiger partial charge in [-0.15, -0.1) is 11.3 Å². The summed E-state index contributed by atoms with van der Waals surface area (Å²) in [4.78, 5) is 1.38. The standard InChI is InChI=1S/C6H9NS.HIO3/c7-4-3-6-2-1-5-8-6;2-1(3)4/h1-2,5H,3-4,7H2;2H. The highest BCUT2D eigenvalue weighted by Gasteiger charge is 1.90. The lowest BCUT2D eigenvalue weighted by Crippen LogP contribution is -3.98. The Hall–Kier alpha value is 0.270. The van der Waals surface area contributed by atoms with Crippen LogP contribution >= 0.6 is 11.3 Å². The summed E-state index contributed by atoms with van der Waals surface area (Å²) < 4.78 is 24.5. The largest absolute Gasteiger partial charge is 0.503 e. The van der Waals surface area contributed by atoms with Crippen molar-refractivity contribution in [3.63, 3.8) is 0 Å². The third kappa shape index (κ3) is 8.37. The molecule has 0 fully saturated rings. The monoisotopic (exact) mass is 303 g/mol. The molecule has 70 valence electrons. The van der Waals surface area contributed by atoms with Crippen LogP contribution < -0.4 is 33.7 Å². The van der Waals surface area contributed by atoms with E-state index in [1.807, 2.05) is 0 Å². The Bertz CT molecular complexity index is 178. The van der Waals surface area contributed by atoms with Gasteiger partial charge in [0.2, 0.25) is 0 Å². The molecular formula is C6H10INO3S. The second-order valence-corrected chi connectivity index (χ2v) is 4.00. The Morgan fingerprint density at radius 3 is 2.50 bits per heavy atom. The first-order chi connectivity index (χ1) is 5.66. The van der Waals surface area contributed by atoms with Gasteiger partial charge in [-0.2, -0.15) is 0 Å². The van der Waals surface area contributed by atoms with Crippen molar-refractivity contribution in [3.8, 4) is 0 Å². The molecule has 12 heavy (non-hydrogen) atoms. The van der Waals surface area contributed by atoms with Gasteiger partial charge in [0.25, 0.3) is 0 Å². The van der Waals surface area contributed by atoms with Gasteiger partial charge >= 0.3 is 21.1 Å². The average Bonchev–Trinajstić information content (AvgIpc) is 2.39. The second kappa shape index (κ2) is 7.90. The number of halogens is 1. The average molecular weight is 303 g/mol. The van der Waals surface area contributed by atoms with Gasteiger partial charge in [0.15, 0.2) is 0 Å². The molecule has 0 saturated carbocycles. The van der Waals surface area contributed by atoms with Crippen LogP contribution in [0.3, 0.4) is 0 Å². The van der Waals surface area contributed by atoms with Crippen molar-refractivity contribution >= 4 is 11.3 Å². The summed E-state index contributed by atoms with van der Waals surface area (Å²) in [5.41, 5.74) is 5.33. The molecule has 4 nitrogen and oxygen atoms in total. The molecule has 1 rings (SSSR count). The van der Waals surface area contributed by atoms with Gasteiger partial charge in [0, 0.05) is 4.88 Å². The van der Waals surface area contributed by atoms with Crippen molar-refractivity contribution in [3.05, 3.63) is 22.4 Å². The molecule has 0 aliphatic heterocycles. The van der Waals surface area contributed by atoms with Gasteiger partial charge in [0.1, 0.15) is 0 Å². The minimum absolute atomic E-state index is 0.764. The quantitative estimate of drug-likeness (QED) is 0.537. The molecule has 6 heteroatoms. The van der Waals surface area contributed by atoms with E-state index in [9.17, 15) is 0 Å². The molecule has 0 amide bonds. The van der Waals surface area contributed by atoms with E-state index in [1.165, 1.54) is 4.88 Å². The van der Waals surface area contributed by atoms with Gasteiger partial charge in [-0.05, 0) is 27.8 Å². The highest BCUT2D eigenvalue weighted by Crippen LogP contribution is 2.07. The van der Waals surface area contributed by atoms with Crippen molar-refractivity contribution in [2.24, 2.45) is 5.73 Å². The molecule has 0 unspecified atom stereocenters. The van der Waals surface area contributed by atoms with Crippen molar-refractivity contribution in [1.82, 2.24) is 0 Å². The van der Waals surface area contributed by atoms with Crippen LogP contribution in [0.2, 0.25) is 0 Å². The Morgan fingerprint density at radius 1 is 1.58 bits per heavy atom. The van der Waals surface area contributed by atoms with E-state index in [1.54, 1.807) is 11.3 Å². The van der Waals surface area contributed by atoms with E-state index in [0.717, 1.165) is 13.0 Å². The first kappa shape index (κ1) is 12.3. The molecule has 0 atom stereocenters. The van der Waals surface area contributed by atoms with Gasteiger partial charge in [-0.1, -0.05) is 6.07 Å². The SMILES string of the molecule is NCCc1cccs1.[O-][I+2]([O-])O. The van der Waals surface area contributed by atoms with E-state index in [-0.39, 0.29) is 0 Å². The first-order valence-corrected chi connectivity index (χ1v) is 6.74. The number of hydrogen-bond acceptors (Lipinski definition) is 5. The fourth-order valence-corrected chi connectivity index (χ4v) is 1.32. The summed E-state index contributed by atoms with van der Waals surface area (Å²) in [5, 5.41) is 2.07. The molecule has 1 heterocycles. The predicted molar refractivity (Wildman–Crippen MR) is 39.3 cm³/mol. The summed E-state index contributed by atoms with van der Waals surface area (Å²) in [5.74, 6) is 0. The third-order valence-corrected chi connectivity index (χ3v) is 1.91. The Kier molecular flexibility index (Phi) is 8.07. The third-order valence-electron chi connectivity index (χ3n) is 0.971. The molecule has 0 radical (unpaired) electrons. The zero-order chi connectivity index (χ0) is 9.40. The number of nitrogens with two attached hydrogens (primary N) is 1. The lowest BCUT2D eigenvalue weighted by atomic mass is 10.3. The van der Waals surface area contributed by atoms with Crippen LogP contribution in [0.15, 0.2) is 17.5 Å². The summed E-state index contributed by atoms with van der Waals surface area (Å²) >= 11 is -2.00. The zero-order valence-corrected chi connectivity index (χ0v) is 9.25. The van der Waals surface area contributed by atoms with Crippen molar-refractivity contribution in [2.75, 3.05) is 6.54 Å². The number of rotatable bonds is 2. The maximum Gasteiger partial charge on any atom is 0.503 e. The molecule has 0 saturated heterocycles. The van der Waals surface area contributed by atoms with Crippen molar-refractivity contribution < 1.29 is 31.4 Å². The van der Waals surface area contributed by atoms with Gasteiger partial charge in [-0.3, -0.25) is 0 Å². The molecule has 0 bridgehead atoms. The van der Waals surface area contributed by atoms with E-state index in [0.29, 0.717) is 0 Å². The van der Waals surface area contributed by atoms with Gasteiger partial charge in [0.05, 0.1) is 0 Å². The lowest BCUT2D eigenvalue weighted by Gasteiger charge is -1.86. The van der Waals surface area contributed by atoms with E-state index in [2.05, 4.69) is 17.5 Å². The molecule has 1 aromatic heterocycles. The summed E-state index contributed by atoms with van der Waals surface area (Å²) in [6.45, 7) is 0.764. The van der Waals surface area contributed by atoms with Crippen molar-refractivity contribution in [1.29, 1.82) is 0 Å². The maximum absolute atomic E-state index is 8.68. The topological polar surface area (TPSA) is 92.4 Å². The maximum atomic E-state index is 8.68. The first-order valence-electron chi connectivity index (χ1n) is 3.13. The molecule has 0 spiro atoms. The molecule has 0 aromatic carbocycles. The molecular weight excluding hydrogens is 293 g/mol. The minimum Gasteiger partial charge on any atom is -0.396 e. The van der Waals surface area contributed by atoms with Crippen LogP contribution in [0.4, 0.5) is 0 Å². The lowest BCUT2D eigenvalue weighted by molar-refractivity contribution is -1.63.